The van der Waals surface area contributed by atoms with E-state index in [1.54, 1.807) is 10.8 Å². The molecule has 0 aliphatic heterocycles. The van der Waals surface area contributed by atoms with Crippen LogP contribution in [0.15, 0.2) is 45.9 Å². The largest absolute Gasteiger partial charge is 0.418 e. The average molecular weight is 245 g/mol. The normalized spacial score (nSPS) is 11.7. The van der Waals surface area contributed by atoms with Crippen molar-refractivity contribution in [2.24, 2.45) is 0 Å². The second-order valence-corrected chi connectivity index (χ2v) is 5.36. The van der Waals surface area contributed by atoms with Crippen LogP contribution in [0, 0.1) is 6.92 Å². The zero-order valence-corrected chi connectivity index (χ0v) is 11.1. The fourth-order valence-corrected chi connectivity index (χ4v) is 2.01. The Bertz CT molecular complexity index is 561. The third-order valence-corrected chi connectivity index (χ3v) is 3.45. The van der Waals surface area contributed by atoms with Gasteiger partial charge >= 0.3 is 5.76 Å². The highest BCUT2D eigenvalue weighted by atomic mass is 16.4. The highest BCUT2D eigenvalue weighted by molar-refractivity contribution is 5.27. The summed E-state index contributed by atoms with van der Waals surface area (Å²) in [5.41, 5.74) is 2.61. The molecule has 0 fully saturated rings. The van der Waals surface area contributed by atoms with Crippen LogP contribution in [0.25, 0.3) is 0 Å². The maximum atomic E-state index is 11.3. The van der Waals surface area contributed by atoms with Gasteiger partial charge in [-0.3, -0.25) is 4.57 Å². The van der Waals surface area contributed by atoms with E-state index in [4.69, 9.17) is 4.42 Å². The van der Waals surface area contributed by atoms with Gasteiger partial charge in [-0.15, -0.1) is 0 Å². The van der Waals surface area contributed by atoms with Crippen molar-refractivity contribution in [2.75, 3.05) is 0 Å². The van der Waals surface area contributed by atoms with Crippen molar-refractivity contribution in [2.45, 2.75) is 39.2 Å². The Hall–Kier alpha value is -1.77. The maximum Gasteiger partial charge on any atom is 0.418 e. The fraction of sp³-hybridized carbons (Fsp3) is 0.400. The predicted octanol–water partition coefficient (Wildman–Crippen LogP) is 3.12. The Labute approximate surface area is 107 Å². The number of oxazole rings is 1. The maximum absolute atomic E-state index is 11.3. The average Bonchev–Trinajstić information content (AvgIpc) is 2.73. The molecule has 2 aromatic rings. The number of aryl methyl sites for hydroxylation is 2. The van der Waals surface area contributed by atoms with Crippen molar-refractivity contribution >= 4 is 0 Å². The van der Waals surface area contributed by atoms with Gasteiger partial charge in [-0.2, -0.15) is 0 Å². The van der Waals surface area contributed by atoms with Gasteiger partial charge in [-0.1, -0.05) is 43.7 Å². The number of hydrogen-bond acceptors (Lipinski definition) is 2. The molecule has 2 rings (SSSR count). The van der Waals surface area contributed by atoms with Crippen molar-refractivity contribution < 1.29 is 4.42 Å². The second kappa shape index (κ2) is 4.84. The van der Waals surface area contributed by atoms with Crippen molar-refractivity contribution in [3.05, 3.63) is 58.4 Å². The molecule has 0 unspecified atom stereocenters. The van der Waals surface area contributed by atoms with Gasteiger partial charge in [0.25, 0.3) is 0 Å². The van der Waals surface area contributed by atoms with Crippen molar-refractivity contribution in [1.82, 2.24) is 4.57 Å². The van der Waals surface area contributed by atoms with Gasteiger partial charge in [0.2, 0.25) is 0 Å². The molecule has 0 atom stereocenters. The van der Waals surface area contributed by atoms with Crippen LogP contribution in [0.2, 0.25) is 0 Å². The summed E-state index contributed by atoms with van der Waals surface area (Å²) >= 11 is 0. The minimum Gasteiger partial charge on any atom is -0.416 e. The van der Waals surface area contributed by atoms with Crippen LogP contribution >= 0.6 is 0 Å². The monoisotopic (exact) mass is 245 g/mol. The fourth-order valence-electron chi connectivity index (χ4n) is 2.01. The molecule has 18 heavy (non-hydrogen) atoms. The van der Waals surface area contributed by atoms with Crippen molar-refractivity contribution in [3.8, 4) is 0 Å². The van der Waals surface area contributed by atoms with E-state index in [9.17, 15) is 4.79 Å². The molecule has 96 valence electrons. The summed E-state index contributed by atoms with van der Waals surface area (Å²) in [6.07, 6.45) is 4.02. The Morgan fingerprint density at radius 3 is 2.44 bits per heavy atom. The van der Waals surface area contributed by atoms with Gasteiger partial charge in [0.15, 0.2) is 0 Å². The van der Waals surface area contributed by atoms with E-state index in [-0.39, 0.29) is 11.2 Å². The van der Waals surface area contributed by atoms with Crippen LogP contribution in [-0.4, -0.2) is 4.57 Å². The summed E-state index contributed by atoms with van der Waals surface area (Å²) in [5, 5.41) is 0. The van der Waals surface area contributed by atoms with E-state index < -0.39 is 0 Å². The Balaban J connectivity index is 2.10. The van der Waals surface area contributed by atoms with Crippen LogP contribution < -0.4 is 5.76 Å². The SMILES string of the molecule is Cc1ccc(C(C)(C)CCn2ccoc2=O)cc1. The van der Waals surface area contributed by atoms with Gasteiger partial charge in [0.1, 0.15) is 6.26 Å². The minimum absolute atomic E-state index is 0.0460. The van der Waals surface area contributed by atoms with Crippen LogP contribution in [0.1, 0.15) is 31.4 Å². The van der Waals surface area contributed by atoms with Crippen LogP contribution in [0.5, 0.6) is 0 Å². The molecule has 0 aliphatic rings. The Kier molecular flexibility index (Phi) is 3.41. The standard InChI is InChI=1S/C15H19NO2/c1-12-4-6-13(7-5-12)15(2,3)8-9-16-10-11-18-14(16)17/h4-7,10-11H,8-9H2,1-3H3. The van der Waals surface area contributed by atoms with Gasteiger partial charge in [-0.25, -0.2) is 4.79 Å². The van der Waals surface area contributed by atoms with E-state index in [0.717, 1.165) is 6.42 Å². The Morgan fingerprint density at radius 2 is 1.89 bits per heavy atom. The first kappa shape index (κ1) is 12.7. The first-order chi connectivity index (χ1) is 8.49. The molecule has 1 aromatic heterocycles. The lowest BCUT2D eigenvalue weighted by molar-refractivity contribution is 0.410. The van der Waals surface area contributed by atoms with Gasteiger partial charge in [0.05, 0.1) is 0 Å². The molecule has 0 radical (unpaired) electrons. The highest BCUT2D eigenvalue weighted by Crippen LogP contribution is 2.27. The smallest absolute Gasteiger partial charge is 0.416 e. The first-order valence-electron chi connectivity index (χ1n) is 6.20. The summed E-state index contributed by atoms with van der Waals surface area (Å²) in [6, 6.07) is 8.57. The molecule has 0 saturated heterocycles. The van der Waals surface area contributed by atoms with E-state index in [0.29, 0.717) is 6.54 Å². The molecule has 0 bridgehead atoms. The van der Waals surface area contributed by atoms with Gasteiger partial charge in [-0.05, 0) is 24.3 Å². The number of aromatic nitrogens is 1. The summed E-state index contributed by atoms with van der Waals surface area (Å²) in [5.74, 6) is -0.283. The van der Waals surface area contributed by atoms with Crippen LogP contribution in [0.3, 0.4) is 0 Å². The third-order valence-electron chi connectivity index (χ3n) is 3.45. The van der Waals surface area contributed by atoms with E-state index in [1.807, 2.05) is 0 Å². The lowest BCUT2D eigenvalue weighted by Crippen LogP contribution is -2.23. The number of rotatable bonds is 4. The highest BCUT2D eigenvalue weighted by Gasteiger charge is 2.20. The molecule has 0 spiro atoms. The molecule has 1 heterocycles. The summed E-state index contributed by atoms with van der Waals surface area (Å²) in [7, 11) is 0. The van der Waals surface area contributed by atoms with E-state index in [2.05, 4.69) is 45.0 Å². The number of benzene rings is 1. The zero-order valence-electron chi connectivity index (χ0n) is 11.1. The molecular formula is C15H19NO2. The third kappa shape index (κ3) is 2.73. The molecule has 0 saturated carbocycles. The lowest BCUT2D eigenvalue weighted by Gasteiger charge is -2.25. The zero-order chi connectivity index (χ0) is 13.2. The second-order valence-electron chi connectivity index (χ2n) is 5.36. The van der Waals surface area contributed by atoms with E-state index >= 15 is 0 Å². The minimum atomic E-state index is -0.283. The molecular weight excluding hydrogens is 226 g/mol. The molecule has 0 aliphatic carbocycles. The van der Waals surface area contributed by atoms with E-state index in [1.165, 1.54) is 17.4 Å². The quantitative estimate of drug-likeness (QED) is 0.829. The predicted molar refractivity (Wildman–Crippen MR) is 71.8 cm³/mol. The molecule has 0 amide bonds. The molecule has 0 N–H and O–H groups in total. The number of nitrogens with zero attached hydrogens (tertiary/aromatic N) is 1. The van der Waals surface area contributed by atoms with Crippen LogP contribution in [-0.2, 0) is 12.0 Å². The molecule has 3 heteroatoms. The first-order valence-corrected chi connectivity index (χ1v) is 6.20. The lowest BCUT2D eigenvalue weighted by atomic mass is 9.81. The Morgan fingerprint density at radius 1 is 1.22 bits per heavy atom. The topological polar surface area (TPSA) is 35.1 Å². The number of hydrogen-bond donors (Lipinski definition) is 0. The van der Waals surface area contributed by atoms with Gasteiger partial charge < -0.3 is 4.42 Å². The summed E-state index contributed by atoms with van der Waals surface area (Å²) in [6.45, 7) is 7.16. The van der Waals surface area contributed by atoms with Crippen LogP contribution in [0.4, 0.5) is 0 Å². The summed E-state index contributed by atoms with van der Waals surface area (Å²) < 4.78 is 6.37. The van der Waals surface area contributed by atoms with Crippen molar-refractivity contribution in [1.29, 1.82) is 0 Å². The van der Waals surface area contributed by atoms with Crippen molar-refractivity contribution in [3.63, 3.8) is 0 Å². The summed E-state index contributed by atoms with van der Waals surface area (Å²) in [4.78, 5) is 11.3. The molecule has 1 aromatic carbocycles. The molecule has 3 nitrogen and oxygen atoms in total. The van der Waals surface area contributed by atoms with Gasteiger partial charge in [0, 0.05) is 12.7 Å².